The lowest BCUT2D eigenvalue weighted by molar-refractivity contribution is -0.137. The molecular weight excluding hydrogens is 366 g/mol. The third-order valence-electron chi connectivity index (χ3n) is 5.53. The van der Waals surface area contributed by atoms with Crippen LogP contribution < -0.4 is 0 Å². The SMILES string of the molecule is O=C(O)CCCCCCN1C(=O)CC[C@@H]1/C=C/[C@@H](O)CCCCc1ccccc1. The molecule has 1 aromatic carbocycles. The van der Waals surface area contributed by atoms with Gasteiger partial charge in [0.05, 0.1) is 12.1 Å². The molecule has 2 N–H and O–H groups in total. The van der Waals surface area contributed by atoms with Crippen LogP contribution in [0.1, 0.15) is 69.8 Å². The molecule has 1 aliphatic heterocycles. The van der Waals surface area contributed by atoms with Gasteiger partial charge in [0.25, 0.3) is 0 Å². The number of hydrogen-bond donors (Lipinski definition) is 2. The summed E-state index contributed by atoms with van der Waals surface area (Å²) in [5.74, 6) is -0.564. The summed E-state index contributed by atoms with van der Waals surface area (Å²) in [6.07, 6.45) is 12.2. The predicted octanol–water partition coefficient (Wildman–Crippen LogP) is 4.34. The first-order valence-corrected chi connectivity index (χ1v) is 11.0. The lowest BCUT2D eigenvalue weighted by Crippen LogP contribution is -2.32. The highest BCUT2D eigenvalue weighted by Crippen LogP contribution is 2.21. The van der Waals surface area contributed by atoms with E-state index < -0.39 is 12.1 Å². The molecule has 0 saturated carbocycles. The number of rotatable bonds is 14. The molecule has 2 rings (SSSR count). The molecule has 0 spiro atoms. The summed E-state index contributed by atoms with van der Waals surface area (Å²) in [4.78, 5) is 24.6. The predicted molar refractivity (Wildman–Crippen MR) is 115 cm³/mol. The summed E-state index contributed by atoms with van der Waals surface area (Å²) in [6, 6.07) is 10.5. The van der Waals surface area contributed by atoms with E-state index >= 15 is 0 Å². The van der Waals surface area contributed by atoms with Gasteiger partial charge in [0.15, 0.2) is 0 Å². The number of carbonyl (C=O) groups excluding carboxylic acids is 1. The van der Waals surface area contributed by atoms with Gasteiger partial charge in [0, 0.05) is 19.4 Å². The van der Waals surface area contributed by atoms with Crippen LogP contribution >= 0.6 is 0 Å². The molecule has 1 heterocycles. The van der Waals surface area contributed by atoms with E-state index in [1.54, 1.807) is 0 Å². The first kappa shape index (κ1) is 23.1. The molecule has 0 radical (unpaired) electrons. The van der Waals surface area contributed by atoms with Gasteiger partial charge in [-0.2, -0.15) is 0 Å². The third-order valence-corrected chi connectivity index (χ3v) is 5.53. The zero-order valence-electron chi connectivity index (χ0n) is 17.3. The first-order chi connectivity index (χ1) is 14.1. The number of amides is 1. The molecule has 1 aromatic rings. The Morgan fingerprint density at radius 2 is 1.86 bits per heavy atom. The maximum absolute atomic E-state index is 12.1. The van der Waals surface area contributed by atoms with Crippen molar-refractivity contribution in [1.29, 1.82) is 0 Å². The van der Waals surface area contributed by atoms with Crippen molar-refractivity contribution in [2.45, 2.75) is 82.8 Å². The van der Waals surface area contributed by atoms with E-state index in [9.17, 15) is 14.7 Å². The van der Waals surface area contributed by atoms with E-state index in [1.807, 2.05) is 23.1 Å². The molecule has 1 amide bonds. The molecule has 29 heavy (non-hydrogen) atoms. The molecule has 5 nitrogen and oxygen atoms in total. The van der Waals surface area contributed by atoms with E-state index in [0.29, 0.717) is 19.4 Å². The number of aliphatic hydroxyl groups excluding tert-OH is 1. The van der Waals surface area contributed by atoms with Gasteiger partial charge in [0.1, 0.15) is 0 Å². The van der Waals surface area contributed by atoms with Crippen molar-refractivity contribution in [2.75, 3.05) is 6.54 Å². The Hall–Kier alpha value is -2.14. The number of carboxylic acids is 1. The fourth-order valence-electron chi connectivity index (χ4n) is 3.84. The Bertz CT molecular complexity index is 644. The number of hydrogen-bond acceptors (Lipinski definition) is 3. The van der Waals surface area contributed by atoms with Crippen LogP contribution in [0.2, 0.25) is 0 Å². The maximum Gasteiger partial charge on any atom is 0.303 e. The van der Waals surface area contributed by atoms with Crippen LogP contribution in [0, 0.1) is 0 Å². The number of aryl methyl sites for hydroxylation is 1. The molecule has 1 aliphatic rings. The highest BCUT2D eigenvalue weighted by atomic mass is 16.4. The average molecular weight is 402 g/mol. The summed E-state index contributed by atoms with van der Waals surface area (Å²) in [5, 5.41) is 18.9. The number of carboxylic acid groups (broad SMARTS) is 1. The van der Waals surface area contributed by atoms with Gasteiger partial charge in [-0.15, -0.1) is 0 Å². The molecule has 160 valence electrons. The molecule has 0 bridgehead atoms. The topological polar surface area (TPSA) is 77.8 Å². The van der Waals surface area contributed by atoms with E-state index in [4.69, 9.17) is 5.11 Å². The van der Waals surface area contributed by atoms with Crippen LogP contribution in [0.3, 0.4) is 0 Å². The van der Waals surface area contributed by atoms with Crippen molar-refractivity contribution >= 4 is 11.9 Å². The highest BCUT2D eigenvalue weighted by molar-refractivity contribution is 5.79. The van der Waals surface area contributed by atoms with Crippen LogP contribution in [0.25, 0.3) is 0 Å². The molecule has 5 heteroatoms. The van der Waals surface area contributed by atoms with E-state index in [0.717, 1.165) is 51.4 Å². The summed E-state index contributed by atoms with van der Waals surface area (Å²) in [5.41, 5.74) is 1.33. The number of nitrogens with zero attached hydrogens (tertiary/aromatic N) is 1. The Kier molecular flexibility index (Phi) is 10.5. The van der Waals surface area contributed by atoms with Crippen LogP contribution in [0.4, 0.5) is 0 Å². The van der Waals surface area contributed by atoms with Gasteiger partial charge in [-0.3, -0.25) is 9.59 Å². The summed E-state index contributed by atoms with van der Waals surface area (Å²) in [7, 11) is 0. The van der Waals surface area contributed by atoms with Crippen LogP contribution in [-0.4, -0.2) is 45.7 Å². The second-order valence-electron chi connectivity index (χ2n) is 7.93. The molecule has 0 aromatic heterocycles. The standard InChI is InChI=1S/C24H35NO4/c26-22(13-8-7-12-20-10-4-3-5-11-20)17-15-21-16-18-23(27)25(21)19-9-2-1-6-14-24(28)29/h3-5,10-11,15,17,21-22,26H,1-2,6-9,12-14,16,18-19H2,(H,28,29)/b17-15+/t21-,22-/m0/s1. The molecule has 1 fully saturated rings. The minimum atomic E-state index is -0.747. The van der Waals surface area contributed by atoms with Crippen molar-refractivity contribution in [3.8, 4) is 0 Å². The van der Waals surface area contributed by atoms with Gasteiger partial charge < -0.3 is 15.1 Å². The number of likely N-dealkylation sites (tertiary alicyclic amines) is 1. The normalized spacial score (nSPS) is 17.9. The van der Waals surface area contributed by atoms with E-state index in [2.05, 4.69) is 24.3 Å². The zero-order chi connectivity index (χ0) is 20.9. The largest absolute Gasteiger partial charge is 0.481 e. The fraction of sp³-hybridized carbons (Fsp3) is 0.583. The average Bonchev–Trinajstić information content (AvgIpc) is 3.06. The number of aliphatic carboxylic acids is 1. The van der Waals surface area contributed by atoms with Crippen LogP contribution in [0.15, 0.2) is 42.5 Å². The van der Waals surface area contributed by atoms with Gasteiger partial charge >= 0.3 is 5.97 Å². The summed E-state index contributed by atoms with van der Waals surface area (Å²) in [6.45, 7) is 0.716. The highest BCUT2D eigenvalue weighted by Gasteiger charge is 2.28. The van der Waals surface area contributed by atoms with Crippen molar-refractivity contribution in [1.82, 2.24) is 4.90 Å². The van der Waals surface area contributed by atoms with E-state index in [-0.39, 0.29) is 18.4 Å². The molecule has 1 saturated heterocycles. The summed E-state index contributed by atoms with van der Waals surface area (Å²) < 4.78 is 0. The van der Waals surface area contributed by atoms with Crippen molar-refractivity contribution in [3.05, 3.63) is 48.0 Å². The Morgan fingerprint density at radius 1 is 1.10 bits per heavy atom. The van der Waals surface area contributed by atoms with Crippen LogP contribution in [-0.2, 0) is 16.0 Å². The number of unbranched alkanes of at least 4 members (excludes halogenated alkanes) is 4. The van der Waals surface area contributed by atoms with Crippen molar-refractivity contribution in [2.24, 2.45) is 0 Å². The second-order valence-corrected chi connectivity index (χ2v) is 7.93. The Balaban J connectivity index is 1.63. The number of benzene rings is 1. The van der Waals surface area contributed by atoms with E-state index in [1.165, 1.54) is 5.56 Å². The smallest absolute Gasteiger partial charge is 0.303 e. The Morgan fingerprint density at radius 3 is 2.62 bits per heavy atom. The molecule has 0 unspecified atom stereocenters. The fourth-order valence-corrected chi connectivity index (χ4v) is 3.84. The molecule has 2 atom stereocenters. The quantitative estimate of drug-likeness (QED) is 0.359. The molecule has 0 aliphatic carbocycles. The number of carbonyl (C=O) groups is 2. The monoisotopic (exact) mass is 401 g/mol. The third kappa shape index (κ3) is 9.27. The van der Waals surface area contributed by atoms with Gasteiger partial charge in [-0.1, -0.05) is 61.7 Å². The van der Waals surface area contributed by atoms with Gasteiger partial charge in [-0.05, 0) is 44.1 Å². The van der Waals surface area contributed by atoms with Gasteiger partial charge in [0.2, 0.25) is 5.91 Å². The minimum absolute atomic E-state index is 0.0838. The van der Waals surface area contributed by atoms with Crippen molar-refractivity contribution in [3.63, 3.8) is 0 Å². The lowest BCUT2D eigenvalue weighted by atomic mass is 10.0. The first-order valence-electron chi connectivity index (χ1n) is 11.0. The maximum atomic E-state index is 12.1. The summed E-state index contributed by atoms with van der Waals surface area (Å²) >= 11 is 0. The Labute approximate surface area is 174 Å². The minimum Gasteiger partial charge on any atom is -0.481 e. The van der Waals surface area contributed by atoms with Gasteiger partial charge in [-0.25, -0.2) is 0 Å². The number of aliphatic hydroxyl groups is 1. The zero-order valence-corrected chi connectivity index (χ0v) is 17.3. The molecular formula is C24H35NO4. The van der Waals surface area contributed by atoms with Crippen LogP contribution in [0.5, 0.6) is 0 Å². The second kappa shape index (κ2) is 13.2. The van der Waals surface area contributed by atoms with Crippen molar-refractivity contribution < 1.29 is 19.8 Å². The lowest BCUT2D eigenvalue weighted by Gasteiger charge is -2.22.